The Hall–Kier alpha value is -4.10. The summed E-state index contributed by atoms with van der Waals surface area (Å²) in [4.78, 5) is 28.8. The van der Waals surface area contributed by atoms with Crippen molar-refractivity contribution in [3.63, 3.8) is 0 Å². The van der Waals surface area contributed by atoms with Gasteiger partial charge in [0, 0.05) is 57.9 Å². The van der Waals surface area contributed by atoms with Crippen molar-refractivity contribution < 1.29 is 9.53 Å². The van der Waals surface area contributed by atoms with Gasteiger partial charge in [0.15, 0.2) is 11.5 Å². The monoisotopic (exact) mass is 517 g/mol. The maximum Gasteiger partial charge on any atom is 0.252 e. The van der Waals surface area contributed by atoms with Crippen LogP contribution >= 0.6 is 0 Å². The molecule has 1 saturated carbocycles. The number of nitrogens with one attached hydrogen (secondary N) is 3. The van der Waals surface area contributed by atoms with Gasteiger partial charge in [-0.2, -0.15) is 15.2 Å². The molecule has 198 valence electrons. The van der Waals surface area contributed by atoms with E-state index in [1.807, 2.05) is 27.2 Å². The van der Waals surface area contributed by atoms with Crippen LogP contribution in [-0.2, 0) is 18.8 Å². The molecule has 1 aliphatic heterocycles. The number of aromatic nitrogens is 7. The first-order chi connectivity index (χ1) is 18.4. The molecule has 2 fully saturated rings. The number of aryl methyl sites for hydroxylation is 3. The third-order valence-corrected chi connectivity index (χ3v) is 7.19. The van der Waals surface area contributed by atoms with Crippen LogP contribution in [0.2, 0.25) is 0 Å². The van der Waals surface area contributed by atoms with E-state index in [1.165, 1.54) is 12.8 Å². The molecule has 1 spiro atoms. The quantitative estimate of drug-likeness (QED) is 0.317. The topological polar surface area (TPSA) is 140 Å². The highest BCUT2D eigenvalue weighted by molar-refractivity contribution is 5.96. The van der Waals surface area contributed by atoms with E-state index >= 15 is 0 Å². The van der Waals surface area contributed by atoms with Gasteiger partial charge < -0.3 is 20.7 Å². The van der Waals surface area contributed by atoms with Crippen LogP contribution in [0.25, 0.3) is 11.0 Å². The molecule has 1 aliphatic carbocycles. The molecule has 0 atom stereocenters. The Bertz CT molecular complexity index is 1490. The van der Waals surface area contributed by atoms with Crippen LogP contribution in [0, 0.1) is 6.92 Å². The maximum atomic E-state index is 12.9. The zero-order valence-corrected chi connectivity index (χ0v) is 21.7. The van der Waals surface area contributed by atoms with Crippen LogP contribution in [0.5, 0.6) is 0 Å². The Morgan fingerprint density at radius 3 is 2.82 bits per heavy atom. The molecule has 4 aromatic rings. The number of amides is 1. The van der Waals surface area contributed by atoms with E-state index in [-0.39, 0.29) is 11.4 Å². The number of carbonyl (C=O) groups excluding carboxylic acids is 1. The number of fused-ring (bicyclic) bond motifs is 1. The van der Waals surface area contributed by atoms with Crippen molar-refractivity contribution in [2.24, 2.45) is 14.1 Å². The zero-order chi connectivity index (χ0) is 26.3. The molecule has 13 heteroatoms. The van der Waals surface area contributed by atoms with E-state index in [9.17, 15) is 4.79 Å². The number of ether oxygens (including phenoxy) is 1. The smallest absolute Gasteiger partial charge is 0.252 e. The molecule has 0 aromatic carbocycles. The number of pyridine rings is 1. The summed E-state index contributed by atoms with van der Waals surface area (Å²) in [5, 5.41) is 19.0. The van der Waals surface area contributed by atoms with Gasteiger partial charge in [-0.3, -0.25) is 19.4 Å². The van der Waals surface area contributed by atoms with Gasteiger partial charge in [0.1, 0.15) is 0 Å². The van der Waals surface area contributed by atoms with Crippen molar-refractivity contribution in [1.29, 1.82) is 0 Å². The SMILES string of the molecule is Cc1ncc(C(=O)NCCN2CCOCC23CC3)cc1Nc1nn(C)c2nc(Nc3cnn(C)c3)ncc12. The minimum Gasteiger partial charge on any atom is -0.378 e. The Kier molecular flexibility index (Phi) is 6.16. The largest absolute Gasteiger partial charge is 0.378 e. The molecule has 0 bridgehead atoms. The van der Waals surface area contributed by atoms with Crippen LogP contribution in [-0.4, -0.2) is 83.7 Å². The fourth-order valence-electron chi connectivity index (χ4n) is 4.84. The number of rotatable bonds is 8. The van der Waals surface area contributed by atoms with Crippen molar-refractivity contribution in [1.82, 2.24) is 44.7 Å². The number of carbonyl (C=O) groups is 1. The number of hydrogen-bond donors (Lipinski definition) is 3. The molecule has 0 radical (unpaired) electrons. The van der Waals surface area contributed by atoms with E-state index in [0.29, 0.717) is 35.2 Å². The zero-order valence-electron chi connectivity index (χ0n) is 21.7. The van der Waals surface area contributed by atoms with Crippen molar-refractivity contribution in [3.8, 4) is 0 Å². The van der Waals surface area contributed by atoms with Gasteiger partial charge >= 0.3 is 0 Å². The predicted molar refractivity (Wildman–Crippen MR) is 142 cm³/mol. The summed E-state index contributed by atoms with van der Waals surface area (Å²) >= 11 is 0. The molecular weight excluding hydrogens is 486 g/mol. The Morgan fingerprint density at radius 2 is 2.03 bits per heavy atom. The second-order valence-corrected chi connectivity index (χ2v) is 9.93. The Labute approximate surface area is 219 Å². The Morgan fingerprint density at radius 1 is 1.16 bits per heavy atom. The fraction of sp³-hybridized carbons (Fsp3) is 0.440. The van der Waals surface area contributed by atoms with Gasteiger partial charge in [-0.05, 0) is 25.8 Å². The van der Waals surface area contributed by atoms with Gasteiger partial charge in [-0.1, -0.05) is 0 Å². The summed E-state index contributed by atoms with van der Waals surface area (Å²) in [6.07, 6.45) is 9.21. The second-order valence-electron chi connectivity index (χ2n) is 9.93. The van der Waals surface area contributed by atoms with Crippen LogP contribution in [0.3, 0.4) is 0 Å². The molecule has 5 heterocycles. The summed E-state index contributed by atoms with van der Waals surface area (Å²) < 4.78 is 9.03. The molecule has 3 N–H and O–H groups in total. The summed E-state index contributed by atoms with van der Waals surface area (Å²) in [7, 11) is 3.67. The third-order valence-electron chi connectivity index (χ3n) is 7.19. The number of nitrogens with zero attached hydrogens (tertiary/aromatic N) is 8. The molecule has 38 heavy (non-hydrogen) atoms. The minimum absolute atomic E-state index is 0.154. The van der Waals surface area contributed by atoms with Crippen LogP contribution in [0.1, 0.15) is 28.9 Å². The molecule has 4 aromatic heterocycles. The molecule has 6 rings (SSSR count). The van der Waals surface area contributed by atoms with E-state index in [2.05, 4.69) is 46.0 Å². The maximum absolute atomic E-state index is 12.9. The number of hydrogen-bond acceptors (Lipinski definition) is 10. The lowest BCUT2D eigenvalue weighted by Gasteiger charge is -2.36. The number of morpholine rings is 1. The van der Waals surface area contributed by atoms with Crippen molar-refractivity contribution in [2.75, 3.05) is 43.5 Å². The van der Waals surface area contributed by atoms with Gasteiger partial charge in [-0.25, -0.2) is 9.67 Å². The molecule has 13 nitrogen and oxygen atoms in total. The van der Waals surface area contributed by atoms with Gasteiger partial charge in [-0.15, -0.1) is 0 Å². The van der Waals surface area contributed by atoms with Crippen LogP contribution < -0.4 is 16.0 Å². The summed E-state index contributed by atoms with van der Waals surface area (Å²) in [5.74, 6) is 0.875. The lowest BCUT2D eigenvalue weighted by Crippen LogP contribution is -2.50. The normalized spacial score (nSPS) is 16.6. The molecular formula is C25H31N11O2. The summed E-state index contributed by atoms with van der Waals surface area (Å²) in [5.41, 5.74) is 3.59. The summed E-state index contributed by atoms with van der Waals surface area (Å²) in [6, 6.07) is 1.80. The van der Waals surface area contributed by atoms with Crippen molar-refractivity contribution >= 4 is 40.1 Å². The highest BCUT2D eigenvalue weighted by atomic mass is 16.5. The Balaban J connectivity index is 1.14. The molecule has 0 unspecified atom stereocenters. The van der Waals surface area contributed by atoms with E-state index in [4.69, 9.17) is 4.74 Å². The first-order valence-corrected chi connectivity index (χ1v) is 12.7. The van der Waals surface area contributed by atoms with Crippen LogP contribution in [0.15, 0.2) is 30.9 Å². The highest BCUT2D eigenvalue weighted by Gasteiger charge is 2.49. The van der Waals surface area contributed by atoms with Crippen molar-refractivity contribution in [3.05, 3.63) is 42.1 Å². The average Bonchev–Trinajstić information content (AvgIpc) is 3.45. The van der Waals surface area contributed by atoms with E-state index in [1.54, 1.807) is 34.0 Å². The lowest BCUT2D eigenvalue weighted by molar-refractivity contribution is -0.0192. The predicted octanol–water partition coefficient (Wildman–Crippen LogP) is 1.88. The first-order valence-electron chi connectivity index (χ1n) is 12.7. The number of anilines is 4. The molecule has 1 amide bonds. The average molecular weight is 518 g/mol. The van der Waals surface area contributed by atoms with Crippen molar-refractivity contribution in [2.45, 2.75) is 25.3 Å². The summed E-state index contributed by atoms with van der Waals surface area (Å²) in [6.45, 7) is 5.75. The second kappa shape index (κ2) is 9.65. The third kappa shape index (κ3) is 4.77. The van der Waals surface area contributed by atoms with E-state index in [0.717, 1.165) is 43.1 Å². The van der Waals surface area contributed by atoms with Crippen LogP contribution in [0.4, 0.5) is 23.1 Å². The highest BCUT2D eigenvalue weighted by Crippen LogP contribution is 2.43. The van der Waals surface area contributed by atoms with E-state index < -0.39 is 0 Å². The minimum atomic E-state index is -0.154. The first kappa shape index (κ1) is 24.2. The molecule has 1 saturated heterocycles. The van der Waals surface area contributed by atoms with Gasteiger partial charge in [0.2, 0.25) is 5.95 Å². The van der Waals surface area contributed by atoms with Gasteiger partial charge in [0.05, 0.1) is 47.4 Å². The standard InChI is InChI=1S/C25H31N11O2/c1-16-20(10-17(11-27-16)23(37)26-6-7-36-8-9-38-15-25(36)4-5-25)31-21-19-13-28-24(32-22(19)35(3)33-21)30-18-12-29-34(2)14-18/h10-14H,4-9,15H2,1-3H3,(H,26,37)(H,31,33)(H,28,30,32). The fourth-order valence-corrected chi connectivity index (χ4v) is 4.84. The molecule has 2 aliphatic rings. The van der Waals surface area contributed by atoms with Gasteiger partial charge in [0.25, 0.3) is 5.91 Å². The lowest BCUT2D eigenvalue weighted by atomic mass is 10.2.